The van der Waals surface area contributed by atoms with Crippen LogP contribution in [0.2, 0.25) is 5.02 Å². The Labute approximate surface area is 221 Å². The Morgan fingerprint density at radius 2 is 1.95 bits per heavy atom. The molecule has 0 saturated heterocycles. The van der Waals surface area contributed by atoms with Crippen molar-refractivity contribution in [2.24, 2.45) is 0 Å². The Hall–Kier alpha value is -3.47. The number of nitriles is 1. The normalized spacial score (nSPS) is 14.7. The largest absolute Gasteiger partial charge is 0.490 e. The van der Waals surface area contributed by atoms with Crippen LogP contribution in [-0.2, 0) is 16.1 Å². The molecule has 14 heteroatoms. The van der Waals surface area contributed by atoms with E-state index in [4.69, 9.17) is 11.6 Å². The van der Waals surface area contributed by atoms with Crippen LogP contribution in [0.25, 0.3) is 0 Å². The number of nitrogens with zero attached hydrogens (tertiary/aromatic N) is 5. The molecule has 1 saturated carbocycles. The molecule has 1 heterocycles. The predicted octanol–water partition coefficient (Wildman–Crippen LogP) is 2.99. The van der Waals surface area contributed by atoms with Gasteiger partial charge in [0.25, 0.3) is 5.91 Å². The second-order valence-electron chi connectivity index (χ2n) is 8.87. The van der Waals surface area contributed by atoms with E-state index in [2.05, 4.69) is 20.1 Å². The van der Waals surface area contributed by atoms with E-state index in [0.717, 1.165) is 31.2 Å². The molecule has 0 spiro atoms. The molecule has 3 rings (SSSR count). The van der Waals surface area contributed by atoms with Crippen LogP contribution >= 0.6 is 11.6 Å². The zero-order valence-corrected chi connectivity index (χ0v) is 21.2. The van der Waals surface area contributed by atoms with Crippen LogP contribution in [0.5, 0.6) is 0 Å². The molecule has 0 bridgehead atoms. The maximum Gasteiger partial charge on any atom is 0.490 e. The minimum absolute atomic E-state index is 0.0475. The SMILES string of the molecule is CN(Cc1ccc(C(=O)NN(c2nc(C#N)ncc2Cl)C2CCCC2)cc1)CC(O)COC(=O)C(F)(F)F. The van der Waals surface area contributed by atoms with Crippen molar-refractivity contribution in [3.05, 3.63) is 52.4 Å². The molecule has 38 heavy (non-hydrogen) atoms. The van der Waals surface area contributed by atoms with Crippen molar-refractivity contribution in [3.8, 4) is 6.07 Å². The van der Waals surface area contributed by atoms with E-state index in [-0.39, 0.29) is 29.3 Å². The lowest BCUT2D eigenvalue weighted by Gasteiger charge is -2.30. The van der Waals surface area contributed by atoms with Gasteiger partial charge in [0.2, 0.25) is 5.82 Å². The van der Waals surface area contributed by atoms with E-state index in [0.29, 0.717) is 12.1 Å². The van der Waals surface area contributed by atoms with Crippen molar-refractivity contribution in [1.29, 1.82) is 5.26 Å². The molecule has 1 aliphatic carbocycles. The molecule has 1 unspecified atom stereocenters. The Morgan fingerprint density at radius 3 is 2.55 bits per heavy atom. The fourth-order valence-electron chi connectivity index (χ4n) is 4.04. The average Bonchev–Trinajstić information content (AvgIpc) is 3.40. The van der Waals surface area contributed by atoms with Gasteiger partial charge in [-0.2, -0.15) is 23.4 Å². The third kappa shape index (κ3) is 8.01. The molecule has 2 aromatic rings. The number of benzene rings is 1. The van der Waals surface area contributed by atoms with Gasteiger partial charge < -0.3 is 9.84 Å². The maximum absolute atomic E-state index is 13.1. The van der Waals surface area contributed by atoms with Gasteiger partial charge in [-0.25, -0.2) is 9.78 Å². The first-order chi connectivity index (χ1) is 18.0. The fraction of sp³-hybridized carbons (Fsp3) is 0.458. The zero-order valence-electron chi connectivity index (χ0n) is 20.4. The molecule has 1 atom stereocenters. The van der Waals surface area contributed by atoms with Crippen molar-refractivity contribution in [3.63, 3.8) is 0 Å². The van der Waals surface area contributed by atoms with Crippen LogP contribution in [0, 0.1) is 11.3 Å². The summed E-state index contributed by atoms with van der Waals surface area (Å²) in [5, 5.41) is 20.8. The summed E-state index contributed by atoms with van der Waals surface area (Å²) < 4.78 is 40.7. The monoisotopic (exact) mass is 554 g/mol. The number of aromatic nitrogens is 2. The number of esters is 1. The molecule has 10 nitrogen and oxygen atoms in total. The second kappa shape index (κ2) is 12.9. The number of hydrogen-bond donors (Lipinski definition) is 2. The highest BCUT2D eigenvalue weighted by Gasteiger charge is 2.41. The first-order valence-electron chi connectivity index (χ1n) is 11.7. The van der Waals surface area contributed by atoms with Crippen LogP contribution < -0.4 is 10.4 Å². The smallest absolute Gasteiger partial charge is 0.456 e. The van der Waals surface area contributed by atoms with Gasteiger partial charge >= 0.3 is 12.1 Å². The first kappa shape index (κ1) is 29.1. The van der Waals surface area contributed by atoms with Gasteiger partial charge in [-0.15, -0.1) is 0 Å². The van der Waals surface area contributed by atoms with Crippen LogP contribution in [0.4, 0.5) is 19.0 Å². The Balaban J connectivity index is 1.60. The van der Waals surface area contributed by atoms with Crippen molar-refractivity contribution < 1.29 is 32.6 Å². The number of rotatable bonds is 10. The molecular formula is C24H26ClF3N6O4. The highest BCUT2D eigenvalue weighted by atomic mass is 35.5. The van der Waals surface area contributed by atoms with Gasteiger partial charge in [-0.1, -0.05) is 36.6 Å². The van der Waals surface area contributed by atoms with E-state index >= 15 is 0 Å². The van der Waals surface area contributed by atoms with Crippen LogP contribution in [0.15, 0.2) is 30.5 Å². The molecule has 1 aliphatic rings. The molecular weight excluding hydrogens is 529 g/mol. The number of amides is 1. The molecule has 1 amide bonds. The first-order valence-corrected chi connectivity index (χ1v) is 12.1. The topological polar surface area (TPSA) is 132 Å². The van der Waals surface area contributed by atoms with Crippen molar-refractivity contribution >= 4 is 29.3 Å². The van der Waals surface area contributed by atoms with Crippen molar-refractivity contribution in [2.45, 2.75) is 50.6 Å². The molecule has 204 valence electrons. The summed E-state index contributed by atoms with van der Waals surface area (Å²) in [5.41, 5.74) is 3.97. The number of carbonyl (C=O) groups excluding carboxylic acids is 2. The zero-order chi connectivity index (χ0) is 27.9. The quantitative estimate of drug-likeness (QED) is 0.336. The van der Waals surface area contributed by atoms with Crippen LogP contribution in [-0.4, -0.2) is 70.4 Å². The Bertz CT molecular complexity index is 1170. The van der Waals surface area contributed by atoms with E-state index in [9.17, 15) is 33.1 Å². The number of halogens is 4. The van der Waals surface area contributed by atoms with E-state index in [1.807, 2.05) is 6.07 Å². The molecule has 0 aliphatic heterocycles. The number of ether oxygens (including phenoxy) is 1. The third-order valence-corrected chi connectivity index (χ3v) is 6.06. The minimum atomic E-state index is -5.12. The number of aliphatic hydroxyl groups is 1. The lowest BCUT2D eigenvalue weighted by molar-refractivity contribution is -0.202. The molecule has 2 N–H and O–H groups in total. The third-order valence-electron chi connectivity index (χ3n) is 5.79. The molecule has 1 aromatic carbocycles. The van der Waals surface area contributed by atoms with Crippen molar-refractivity contribution in [1.82, 2.24) is 20.3 Å². The molecule has 0 radical (unpaired) electrons. The fourth-order valence-corrected chi connectivity index (χ4v) is 4.22. The number of aliphatic hydroxyl groups excluding tert-OH is 1. The number of carbonyl (C=O) groups is 2. The average molecular weight is 555 g/mol. The van der Waals surface area contributed by atoms with Gasteiger partial charge in [0.15, 0.2) is 5.82 Å². The van der Waals surface area contributed by atoms with Crippen molar-refractivity contribution in [2.75, 3.05) is 25.2 Å². The van der Waals surface area contributed by atoms with Gasteiger partial charge in [0.05, 0.1) is 12.2 Å². The van der Waals surface area contributed by atoms with Gasteiger partial charge in [0, 0.05) is 18.7 Å². The number of alkyl halides is 3. The number of anilines is 1. The summed E-state index contributed by atoms with van der Waals surface area (Å²) in [4.78, 5) is 33.5. The number of hydrogen-bond acceptors (Lipinski definition) is 9. The summed E-state index contributed by atoms with van der Waals surface area (Å²) in [6.45, 7) is -0.520. The standard InChI is InChI=1S/C24H26ClF3N6O4/c1-33(13-18(35)14-38-23(37)24(26,27)28)12-15-6-8-16(9-7-15)22(36)32-34(17-4-2-3-5-17)21-19(25)11-30-20(10-29)31-21/h6-9,11,17-18,35H,2-5,12-14H2,1H3,(H,32,36). The second-order valence-corrected chi connectivity index (χ2v) is 9.28. The summed E-state index contributed by atoms with van der Waals surface area (Å²) in [6.07, 6.45) is -1.52. The number of hydrazine groups is 1. The Morgan fingerprint density at radius 1 is 1.29 bits per heavy atom. The lowest BCUT2D eigenvalue weighted by atomic mass is 10.1. The molecule has 1 fully saturated rings. The number of nitrogens with one attached hydrogen (secondary N) is 1. The highest BCUT2D eigenvalue weighted by molar-refractivity contribution is 6.32. The summed E-state index contributed by atoms with van der Waals surface area (Å²) >= 11 is 6.29. The van der Waals surface area contributed by atoms with E-state index in [1.54, 1.807) is 41.2 Å². The Kier molecular flexibility index (Phi) is 9.84. The minimum Gasteiger partial charge on any atom is -0.456 e. The maximum atomic E-state index is 13.1. The van der Waals surface area contributed by atoms with Gasteiger partial charge in [-0.05, 0) is 37.6 Å². The lowest BCUT2D eigenvalue weighted by Crippen LogP contribution is -2.48. The van der Waals surface area contributed by atoms with Crippen LogP contribution in [0.3, 0.4) is 0 Å². The summed E-state index contributed by atoms with van der Waals surface area (Å²) in [5.74, 6) is -2.59. The predicted molar refractivity (Wildman–Crippen MR) is 130 cm³/mol. The van der Waals surface area contributed by atoms with Crippen LogP contribution in [0.1, 0.15) is 47.4 Å². The highest BCUT2D eigenvalue weighted by Crippen LogP contribution is 2.30. The molecule has 1 aromatic heterocycles. The number of likely N-dealkylation sites (N-methyl/N-ethyl adjacent to an activating group) is 1. The van der Waals surface area contributed by atoms with E-state index < -0.39 is 30.8 Å². The summed E-state index contributed by atoms with van der Waals surface area (Å²) in [6, 6.07) is 8.44. The van der Waals surface area contributed by atoms with E-state index in [1.165, 1.54) is 6.20 Å². The van der Waals surface area contributed by atoms with Gasteiger partial charge in [-0.3, -0.25) is 20.1 Å². The van der Waals surface area contributed by atoms with Gasteiger partial charge in [0.1, 0.15) is 23.8 Å². The summed E-state index contributed by atoms with van der Waals surface area (Å²) in [7, 11) is 1.63.